The predicted molar refractivity (Wildman–Crippen MR) is 191 cm³/mol. The number of ether oxygens (including phenoxy) is 4. The van der Waals surface area contributed by atoms with Crippen molar-refractivity contribution in [1.82, 2.24) is 0 Å². The van der Waals surface area contributed by atoms with Crippen LogP contribution in [0.25, 0.3) is 22.3 Å². The summed E-state index contributed by atoms with van der Waals surface area (Å²) in [4.78, 5) is 0. The molecule has 0 saturated carbocycles. The lowest BCUT2D eigenvalue weighted by Gasteiger charge is -2.27. The maximum Gasteiger partial charge on any atom is 0.181 e. The molecule has 4 nitrogen and oxygen atoms in total. The second-order valence-electron chi connectivity index (χ2n) is 12.1. The van der Waals surface area contributed by atoms with Crippen LogP contribution in [0.4, 0.5) is 0 Å². The van der Waals surface area contributed by atoms with Gasteiger partial charge in [0.15, 0.2) is 5.60 Å². The number of hydrogen-bond donors (Lipinski definition) is 0. The van der Waals surface area contributed by atoms with Crippen molar-refractivity contribution in [3.05, 3.63) is 155 Å². The lowest BCUT2D eigenvalue weighted by molar-refractivity contribution is -0.0274. The van der Waals surface area contributed by atoms with Crippen LogP contribution in [0.15, 0.2) is 121 Å². The fourth-order valence-electron chi connectivity index (χ4n) is 6.86. The number of fused-ring (bicyclic) bond motifs is 6. The van der Waals surface area contributed by atoms with Gasteiger partial charge in [-0.2, -0.15) is 0 Å². The van der Waals surface area contributed by atoms with Gasteiger partial charge in [0.05, 0.1) is 45.1 Å². The quantitative estimate of drug-likeness (QED) is 0.116. The molecule has 0 fully saturated rings. The standard InChI is InChI=1S/C44H38O4/c1-43(39-18-7-3-14-35(39)36-15-4-8-19-40(36)43)24-22-33-12-11-13-34(32-33)23-25-44(48-31-30-47-29-28-46-27-26-45-2)41-20-9-5-16-37(41)38-17-6-10-21-42(38)44/h3-21,32H,26-31H2,1-2H3. The van der Waals surface area contributed by atoms with Gasteiger partial charge in [-0.25, -0.2) is 0 Å². The molecule has 0 aromatic heterocycles. The fraction of sp³-hybridized carbons (Fsp3) is 0.227. The first kappa shape index (κ1) is 31.6. The van der Waals surface area contributed by atoms with Gasteiger partial charge in [0.25, 0.3) is 0 Å². The third kappa shape index (κ3) is 5.97. The Kier molecular flexibility index (Phi) is 9.26. The van der Waals surface area contributed by atoms with Crippen molar-refractivity contribution in [3.63, 3.8) is 0 Å². The average Bonchev–Trinajstić information content (AvgIpc) is 3.56. The van der Waals surface area contributed by atoms with Crippen molar-refractivity contribution in [2.75, 3.05) is 46.8 Å². The molecule has 4 heteroatoms. The van der Waals surface area contributed by atoms with E-state index in [-0.39, 0.29) is 0 Å². The first-order valence-corrected chi connectivity index (χ1v) is 16.5. The molecule has 238 valence electrons. The summed E-state index contributed by atoms with van der Waals surface area (Å²) in [6.07, 6.45) is 0. The Morgan fingerprint density at radius 2 is 0.917 bits per heavy atom. The van der Waals surface area contributed by atoms with Gasteiger partial charge in [-0.15, -0.1) is 0 Å². The topological polar surface area (TPSA) is 36.9 Å². The Balaban J connectivity index is 1.18. The Hall–Kier alpha value is -4.94. The molecule has 7 rings (SSSR count). The smallest absolute Gasteiger partial charge is 0.181 e. The van der Waals surface area contributed by atoms with E-state index >= 15 is 0 Å². The number of methoxy groups -OCH3 is 1. The number of rotatable bonds is 10. The molecule has 0 N–H and O–H groups in total. The normalized spacial score (nSPS) is 14.0. The highest BCUT2D eigenvalue weighted by molar-refractivity contribution is 5.83. The van der Waals surface area contributed by atoms with Crippen molar-refractivity contribution in [1.29, 1.82) is 0 Å². The van der Waals surface area contributed by atoms with E-state index in [4.69, 9.17) is 18.9 Å². The van der Waals surface area contributed by atoms with Crippen LogP contribution in [-0.2, 0) is 30.0 Å². The zero-order chi connectivity index (χ0) is 32.8. The van der Waals surface area contributed by atoms with E-state index < -0.39 is 11.0 Å². The SMILES string of the molecule is COCCOCCOCCOC1(C#Cc2cccc(C#CC3(C)c4ccccc4-c4ccccc43)c2)c2ccccc2-c2ccccc21. The maximum atomic E-state index is 6.75. The fourth-order valence-corrected chi connectivity index (χ4v) is 6.86. The zero-order valence-electron chi connectivity index (χ0n) is 27.4. The summed E-state index contributed by atoms with van der Waals surface area (Å²) in [5.41, 5.74) is 9.85. The summed E-state index contributed by atoms with van der Waals surface area (Å²) in [6.45, 7) is 5.15. The minimum absolute atomic E-state index is 0.377. The van der Waals surface area contributed by atoms with Gasteiger partial charge in [0.2, 0.25) is 0 Å². The van der Waals surface area contributed by atoms with Crippen LogP contribution < -0.4 is 0 Å². The first-order valence-electron chi connectivity index (χ1n) is 16.5. The van der Waals surface area contributed by atoms with E-state index in [1.54, 1.807) is 7.11 Å². The molecule has 5 aromatic rings. The molecule has 0 spiro atoms. The molecule has 0 saturated heterocycles. The molecule has 0 atom stereocenters. The third-order valence-electron chi connectivity index (χ3n) is 9.18. The van der Waals surface area contributed by atoms with Gasteiger partial charge in [-0.1, -0.05) is 127 Å². The predicted octanol–water partition coefficient (Wildman–Crippen LogP) is 8.00. The van der Waals surface area contributed by atoms with Gasteiger partial charge in [-0.05, 0) is 58.5 Å². The van der Waals surface area contributed by atoms with Crippen molar-refractivity contribution in [2.24, 2.45) is 0 Å². The lowest BCUT2D eigenvalue weighted by atomic mass is 9.80. The van der Waals surface area contributed by atoms with E-state index in [2.05, 4.69) is 140 Å². The van der Waals surface area contributed by atoms with E-state index in [0.717, 1.165) is 33.4 Å². The Bertz CT molecular complexity index is 1960. The molecule has 0 unspecified atom stereocenters. The van der Waals surface area contributed by atoms with Crippen molar-refractivity contribution in [2.45, 2.75) is 17.9 Å². The van der Waals surface area contributed by atoms with Crippen LogP contribution in [0.3, 0.4) is 0 Å². The molecular formula is C44H38O4. The van der Waals surface area contributed by atoms with E-state index in [0.29, 0.717) is 39.6 Å². The van der Waals surface area contributed by atoms with Gasteiger partial charge in [-0.3, -0.25) is 0 Å². The summed E-state index contributed by atoms with van der Waals surface area (Å²) < 4.78 is 23.1. The zero-order valence-corrected chi connectivity index (χ0v) is 27.4. The van der Waals surface area contributed by atoms with Crippen molar-refractivity contribution >= 4 is 0 Å². The molecule has 2 aliphatic carbocycles. The van der Waals surface area contributed by atoms with Gasteiger partial charge in [0.1, 0.15) is 0 Å². The van der Waals surface area contributed by atoms with Crippen LogP contribution in [0.2, 0.25) is 0 Å². The highest BCUT2D eigenvalue weighted by Gasteiger charge is 2.43. The molecule has 2 aliphatic rings. The van der Waals surface area contributed by atoms with Crippen LogP contribution in [0, 0.1) is 23.7 Å². The van der Waals surface area contributed by atoms with Crippen molar-refractivity contribution < 1.29 is 18.9 Å². The Morgan fingerprint density at radius 3 is 1.46 bits per heavy atom. The minimum Gasteiger partial charge on any atom is -0.382 e. The summed E-state index contributed by atoms with van der Waals surface area (Å²) in [6, 6.07) is 42.1. The van der Waals surface area contributed by atoms with Gasteiger partial charge >= 0.3 is 0 Å². The molecule has 5 aromatic carbocycles. The minimum atomic E-state index is -0.933. The molecule has 0 amide bonds. The lowest BCUT2D eigenvalue weighted by Crippen LogP contribution is -2.29. The molecular weight excluding hydrogens is 592 g/mol. The summed E-state index contributed by atoms with van der Waals surface area (Å²) in [5.74, 6) is 14.2. The number of benzene rings is 5. The summed E-state index contributed by atoms with van der Waals surface area (Å²) in [5, 5.41) is 0. The second kappa shape index (κ2) is 14.0. The summed E-state index contributed by atoms with van der Waals surface area (Å²) in [7, 11) is 1.66. The molecule has 0 heterocycles. The van der Waals surface area contributed by atoms with E-state index in [1.807, 2.05) is 12.1 Å². The molecule has 0 radical (unpaired) electrons. The Labute approximate surface area is 283 Å². The van der Waals surface area contributed by atoms with Crippen LogP contribution in [-0.4, -0.2) is 46.8 Å². The average molecular weight is 631 g/mol. The molecule has 0 bridgehead atoms. The summed E-state index contributed by atoms with van der Waals surface area (Å²) >= 11 is 0. The monoisotopic (exact) mass is 630 g/mol. The molecule has 48 heavy (non-hydrogen) atoms. The third-order valence-corrected chi connectivity index (χ3v) is 9.18. The van der Waals surface area contributed by atoms with Gasteiger partial charge in [0, 0.05) is 29.4 Å². The van der Waals surface area contributed by atoms with E-state index in [9.17, 15) is 0 Å². The van der Waals surface area contributed by atoms with Crippen molar-refractivity contribution in [3.8, 4) is 45.9 Å². The number of hydrogen-bond acceptors (Lipinski definition) is 4. The van der Waals surface area contributed by atoms with Gasteiger partial charge < -0.3 is 18.9 Å². The van der Waals surface area contributed by atoms with Crippen LogP contribution in [0.1, 0.15) is 40.3 Å². The second-order valence-corrected chi connectivity index (χ2v) is 12.1. The molecule has 0 aliphatic heterocycles. The van der Waals surface area contributed by atoms with Crippen LogP contribution >= 0.6 is 0 Å². The first-order chi connectivity index (χ1) is 23.6. The van der Waals surface area contributed by atoms with Crippen LogP contribution in [0.5, 0.6) is 0 Å². The highest BCUT2D eigenvalue weighted by atomic mass is 16.6. The highest BCUT2D eigenvalue weighted by Crippen LogP contribution is 2.50. The maximum absolute atomic E-state index is 6.75. The Morgan fingerprint density at radius 1 is 0.479 bits per heavy atom. The van der Waals surface area contributed by atoms with E-state index in [1.165, 1.54) is 22.3 Å². The largest absolute Gasteiger partial charge is 0.382 e.